The number of carboxylic acid groups (broad SMARTS) is 1. The molecular formula is C17H31N3O5. The Kier molecular flexibility index (Phi) is 8.68. The lowest BCUT2D eigenvalue weighted by Gasteiger charge is -2.23. The van der Waals surface area contributed by atoms with E-state index in [0.717, 1.165) is 25.7 Å². The van der Waals surface area contributed by atoms with Crippen molar-refractivity contribution in [3.05, 3.63) is 0 Å². The molecule has 0 aromatic heterocycles. The SMILES string of the molecule is CC(C)(C)OCCC(NC(=O)CNC(=O)NC1CCCCC1)C(=O)O. The van der Waals surface area contributed by atoms with Crippen LogP contribution < -0.4 is 16.0 Å². The highest BCUT2D eigenvalue weighted by molar-refractivity contribution is 5.87. The summed E-state index contributed by atoms with van der Waals surface area (Å²) in [6.07, 6.45) is 5.46. The molecule has 0 aromatic carbocycles. The topological polar surface area (TPSA) is 117 Å². The molecule has 0 aliphatic heterocycles. The summed E-state index contributed by atoms with van der Waals surface area (Å²) in [5, 5.41) is 16.9. The molecule has 0 saturated heterocycles. The van der Waals surface area contributed by atoms with Gasteiger partial charge in [-0.3, -0.25) is 4.79 Å². The molecule has 0 heterocycles. The third kappa shape index (κ3) is 9.91. The Morgan fingerprint density at radius 3 is 2.36 bits per heavy atom. The molecule has 0 radical (unpaired) electrons. The maximum atomic E-state index is 11.9. The summed E-state index contributed by atoms with van der Waals surface area (Å²) in [5.74, 6) is -1.67. The van der Waals surface area contributed by atoms with Crippen molar-refractivity contribution in [2.24, 2.45) is 0 Å². The second kappa shape index (κ2) is 10.2. The smallest absolute Gasteiger partial charge is 0.326 e. The number of carbonyl (C=O) groups excluding carboxylic acids is 2. The minimum absolute atomic E-state index is 0.151. The molecule has 8 heteroatoms. The zero-order chi connectivity index (χ0) is 18.9. The van der Waals surface area contributed by atoms with Crippen molar-refractivity contribution in [3.63, 3.8) is 0 Å². The van der Waals surface area contributed by atoms with Crippen LogP contribution in [0, 0.1) is 0 Å². The van der Waals surface area contributed by atoms with Gasteiger partial charge in [0.1, 0.15) is 6.04 Å². The summed E-state index contributed by atoms with van der Waals surface area (Å²) in [7, 11) is 0. The molecule has 0 aromatic rings. The highest BCUT2D eigenvalue weighted by Crippen LogP contribution is 2.17. The summed E-state index contributed by atoms with van der Waals surface area (Å²) in [5.41, 5.74) is -0.369. The molecular weight excluding hydrogens is 326 g/mol. The lowest BCUT2D eigenvalue weighted by molar-refractivity contribution is -0.142. The van der Waals surface area contributed by atoms with Gasteiger partial charge in [-0.2, -0.15) is 0 Å². The zero-order valence-electron chi connectivity index (χ0n) is 15.4. The van der Waals surface area contributed by atoms with Crippen molar-refractivity contribution in [3.8, 4) is 0 Å². The first-order valence-electron chi connectivity index (χ1n) is 8.88. The van der Waals surface area contributed by atoms with Crippen molar-refractivity contribution >= 4 is 17.9 Å². The summed E-state index contributed by atoms with van der Waals surface area (Å²) in [6.45, 7) is 5.57. The second-order valence-corrected chi connectivity index (χ2v) is 7.37. The van der Waals surface area contributed by atoms with E-state index in [-0.39, 0.29) is 31.2 Å². The minimum Gasteiger partial charge on any atom is -0.480 e. The van der Waals surface area contributed by atoms with E-state index in [2.05, 4.69) is 16.0 Å². The molecule has 1 fully saturated rings. The highest BCUT2D eigenvalue weighted by Gasteiger charge is 2.22. The van der Waals surface area contributed by atoms with E-state index in [0.29, 0.717) is 0 Å². The molecule has 0 spiro atoms. The number of nitrogens with one attached hydrogen (secondary N) is 3. The van der Waals surface area contributed by atoms with E-state index in [1.165, 1.54) is 6.42 Å². The third-order valence-electron chi connectivity index (χ3n) is 3.92. The van der Waals surface area contributed by atoms with Gasteiger partial charge in [-0.05, 0) is 33.6 Å². The quantitative estimate of drug-likeness (QED) is 0.524. The minimum atomic E-state index is -1.13. The van der Waals surface area contributed by atoms with Crippen LogP contribution in [-0.2, 0) is 14.3 Å². The molecule has 1 aliphatic rings. The number of carbonyl (C=O) groups is 3. The Bertz CT molecular complexity index is 456. The summed E-state index contributed by atoms with van der Waals surface area (Å²) >= 11 is 0. The first-order chi connectivity index (χ1) is 11.7. The van der Waals surface area contributed by atoms with Gasteiger partial charge in [0.2, 0.25) is 5.91 Å². The van der Waals surface area contributed by atoms with E-state index in [4.69, 9.17) is 4.74 Å². The van der Waals surface area contributed by atoms with Crippen LogP contribution in [0.25, 0.3) is 0 Å². The number of aliphatic carboxylic acids is 1. The highest BCUT2D eigenvalue weighted by atomic mass is 16.5. The van der Waals surface area contributed by atoms with Crippen LogP contribution in [0.3, 0.4) is 0 Å². The van der Waals surface area contributed by atoms with Gasteiger partial charge in [-0.15, -0.1) is 0 Å². The molecule has 144 valence electrons. The summed E-state index contributed by atoms with van der Waals surface area (Å²) in [6, 6.07) is -1.29. The summed E-state index contributed by atoms with van der Waals surface area (Å²) in [4.78, 5) is 34.9. The molecule has 1 unspecified atom stereocenters. The van der Waals surface area contributed by atoms with Gasteiger partial charge >= 0.3 is 12.0 Å². The predicted octanol–water partition coefficient (Wildman–Crippen LogP) is 1.39. The molecule has 4 N–H and O–H groups in total. The number of rotatable bonds is 8. The van der Waals surface area contributed by atoms with E-state index in [9.17, 15) is 19.5 Å². The maximum absolute atomic E-state index is 11.9. The van der Waals surface area contributed by atoms with Gasteiger partial charge in [0, 0.05) is 19.1 Å². The molecule has 25 heavy (non-hydrogen) atoms. The average molecular weight is 357 g/mol. The fourth-order valence-corrected chi connectivity index (χ4v) is 2.63. The van der Waals surface area contributed by atoms with Crippen molar-refractivity contribution in [2.45, 2.75) is 77.0 Å². The number of hydrogen-bond donors (Lipinski definition) is 4. The molecule has 1 atom stereocenters. The monoisotopic (exact) mass is 357 g/mol. The fraction of sp³-hybridized carbons (Fsp3) is 0.824. The molecule has 8 nitrogen and oxygen atoms in total. The Hall–Kier alpha value is -1.83. The molecule has 0 bridgehead atoms. The Morgan fingerprint density at radius 2 is 1.80 bits per heavy atom. The van der Waals surface area contributed by atoms with Crippen molar-refractivity contribution in [2.75, 3.05) is 13.2 Å². The normalized spacial score (nSPS) is 16.8. The van der Waals surface area contributed by atoms with Crippen molar-refractivity contribution in [1.29, 1.82) is 0 Å². The lowest BCUT2D eigenvalue weighted by atomic mass is 9.96. The van der Waals surface area contributed by atoms with Crippen LogP contribution in [0.5, 0.6) is 0 Å². The Morgan fingerprint density at radius 1 is 1.16 bits per heavy atom. The average Bonchev–Trinajstić information content (AvgIpc) is 2.51. The number of carboxylic acids is 1. The van der Waals surface area contributed by atoms with Gasteiger partial charge in [-0.1, -0.05) is 19.3 Å². The predicted molar refractivity (Wildman–Crippen MR) is 93.3 cm³/mol. The second-order valence-electron chi connectivity index (χ2n) is 7.37. The largest absolute Gasteiger partial charge is 0.480 e. The van der Waals surface area contributed by atoms with Crippen LogP contribution in [0.1, 0.15) is 59.3 Å². The number of amides is 3. The first-order valence-corrected chi connectivity index (χ1v) is 8.88. The first kappa shape index (κ1) is 21.2. The number of hydrogen-bond acceptors (Lipinski definition) is 4. The van der Waals surface area contributed by atoms with E-state index in [1.807, 2.05) is 20.8 Å². The molecule has 3 amide bonds. The number of urea groups is 1. The molecule has 1 rings (SSSR count). The van der Waals surface area contributed by atoms with E-state index >= 15 is 0 Å². The zero-order valence-corrected chi connectivity index (χ0v) is 15.4. The summed E-state index contributed by atoms with van der Waals surface area (Å²) < 4.78 is 5.48. The molecule has 1 aliphatic carbocycles. The van der Waals surface area contributed by atoms with Crippen molar-refractivity contribution < 1.29 is 24.2 Å². The van der Waals surface area contributed by atoms with Gasteiger partial charge in [0.15, 0.2) is 0 Å². The van der Waals surface area contributed by atoms with Gasteiger partial charge < -0.3 is 25.8 Å². The third-order valence-corrected chi connectivity index (χ3v) is 3.92. The lowest BCUT2D eigenvalue weighted by Crippen LogP contribution is -2.49. The van der Waals surface area contributed by atoms with Gasteiger partial charge in [0.05, 0.1) is 12.1 Å². The van der Waals surface area contributed by atoms with Gasteiger partial charge in [0.25, 0.3) is 0 Å². The fourth-order valence-electron chi connectivity index (χ4n) is 2.63. The van der Waals surface area contributed by atoms with Crippen LogP contribution in [-0.4, -0.2) is 53.9 Å². The maximum Gasteiger partial charge on any atom is 0.326 e. The standard InChI is InChI=1S/C17H31N3O5/c1-17(2,3)25-10-9-13(15(22)23)20-14(21)11-18-16(24)19-12-7-5-4-6-8-12/h12-13H,4-11H2,1-3H3,(H,20,21)(H,22,23)(H2,18,19,24). The molecule has 1 saturated carbocycles. The van der Waals surface area contributed by atoms with Gasteiger partial charge in [-0.25, -0.2) is 9.59 Å². The van der Waals surface area contributed by atoms with E-state index in [1.54, 1.807) is 0 Å². The Balaban J connectivity index is 2.29. The van der Waals surface area contributed by atoms with Crippen LogP contribution in [0.4, 0.5) is 4.79 Å². The van der Waals surface area contributed by atoms with Crippen LogP contribution >= 0.6 is 0 Å². The van der Waals surface area contributed by atoms with E-state index < -0.39 is 23.9 Å². The van der Waals surface area contributed by atoms with Crippen LogP contribution in [0.2, 0.25) is 0 Å². The number of ether oxygens (including phenoxy) is 1. The Labute approximate surface area is 149 Å². The van der Waals surface area contributed by atoms with Crippen LogP contribution in [0.15, 0.2) is 0 Å². The van der Waals surface area contributed by atoms with Crippen molar-refractivity contribution in [1.82, 2.24) is 16.0 Å².